The lowest BCUT2D eigenvalue weighted by Gasteiger charge is -2.13. The zero-order valence-corrected chi connectivity index (χ0v) is 13.6. The maximum atomic E-state index is 12.2. The Morgan fingerprint density at radius 3 is 2.83 bits per heavy atom. The van der Waals surface area contributed by atoms with Crippen LogP contribution < -0.4 is 16.0 Å². The maximum absolute atomic E-state index is 12.2. The van der Waals surface area contributed by atoms with Crippen molar-refractivity contribution in [1.29, 1.82) is 0 Å². The summed E-state index contributed by atoms with van der Waals surface area (Å²) in [4.78, 5) is 36.3. The van der Waals surface area contributed by atoms with Gasteiger partial charge in [0.15, 0.2) is 0 Å². The number of anilines is 2. The van der Waals surface area contributed by atoms with Crippen molar-refractivity contribution >= 4 is 39.9 Å². The molecule has 0 saturated carbocycles. The molecule has 124 valence electrons. The minimum Gasteiger partial charge on any atom is -0.340 e. The first-order valence-electron chi connectivity index (χ1n) is 7.33. The van der Waals surface area contributed by atoms with Gasteiger partial charge in [0.25, 0.3) is 5.91 Å². The number of hydrogen-bond acceptors (Lipinski definition) is 6. The molecule has 0 radical (unpaired) electrons. The fourth-order valence-electron chi connectivity index (χ4n) is 2.32. The third-order valence-electron chi connectivity index (χ3n) is 3.48. The number of rotatable bonds is 4. The number of fused-ring (bicyclic) bond motifs is 1. The van der Waals surface area contributed by atoms with Gasteiger partial charge in [0.1, 0.15) is 11.0 Å². The SMILES string of the molecule is Cc1nnc(NC(=O)CC[C@@H]2NC(=O)c3ccccc3NC2=O)s1. The molecular formula is C15H15N5O3S. The number of nitrogens with zero attached hydrogens (tertiary/aromatic N) is 2. The van der Waals surface area contributed by atoms with Gasteiger partial charge in [-0.1, -0.05) is 23.5 Å². The van der Waals surface area contributed by atoms with E-state index in [9.17, 15) is 14.4 Å². The minimum atomic E-state index is -0.771. The van der Waals surface area contributed by atoms with E-state index in [2.05, 4.69) is 26.1 Å². The average Bonchev–Trinajstić information content (AvgIpc) is 2.91. The van der Waals surface area contributed by atoms with Crippen LogP contribution in [0.15, 0.2) is 24.3 Å². The predicted octanol–water partition coefficient (Wildman–Crippen LogP) is 1.32. The molecule has 0 unspecified atom stereocenters. The molecule has 8 nitrogen and oxygen atoms in total. The molecule has 0 fully saturated rings. The van der Waals surface area contributed by atoms with Crippen molar-refractivity contribution in [3.05, 3.63) is 34.8 Å². The standard InChI is InChI=1S/C15H15N5O3S/c1-8-19-20-15(24-8)18-12(21)7-6-11-14(23)16-10-5-3-2-4-9(10)13(22)17-11/h2-5,11H,6-7H2,1H3,(H,16,23)(H,17,22)(H,18,20,21)/t11-/m0/s1. The molecule has 1 aromatic heterocycles. The monoisotopic (exact) mass is 345 g/mol. The molecule has 1 aliphatic rings. The highest BCUT2D eigenvalue weighted by atomic mass is 32.1. The van der Waals surface area contributed by atoms with Crippen molar-refractivity contribution in [2.45, 2.75) is 25.8 Å². The van der Waals surface area contributed by atoms with Crippen molar-refractivity contribution in [2.24, 2.45) is 0 Å². The second-order valence-electron chi connectivity index (χ2n) is 5.27. The van der Waals surface area contributed by atoms with Crippen LogP contribution in [0.5, 0.6) is 0 Å². The van der Waals surface area contributed by atoms with Gasteiger partial charge in [-0.2, -0.15) is 0 Å². The van der Waals surface area contributed by atoms with E-state index in [0.717, 1.165) is 5.01 Å². The van der Waals surface area contributed by atoms with E-state index in [1.54, 1.807) is 31.2 Å². The molecule has 9 heteroatoms. The van der Waals surface area contributed by atoms with Crippen LogP contribution in [-0.2, 0) is 9.59 Å². The van der Waals surface area contributed by atoms with Crippen LogP contribution in [0.1, 0.15) is 28.2 Å². The molecule has 0 saturated heterocycles. The Balaban J connectivity index is 1.60. The first-order valence-corrected chi connectivity index (χ1v) is 8.15. The summed E-state index contributed by atoms with van der Waals surface area (Å²) in [6.07, 6.45) is 0.266. The van der Waals surface area contributed by atoms with Gasteiger partial charge < -0.3 is 16.0 Å². The smallest absolute Gasteiger partial charge is 0.254 e. The van der Waals surface area contributed by atoms with Crippen LogP contribution >= 0.6 is 11.3 Å². The molecule has 0 spiro atoms. The van der Waals surface area contributed by atoms with E-state index in [1.165, 1.54) is 11.3 Å². The highest BCUT2D eigenvalue weighted by molar-refractivity contribution is 7.15. The van der Waals surface area contributed by atoms with Crippen LogP contribution in [0.4, 0.5) is 10.8 Å². The summed E-state index contributed by atoms with van der Waals surface area (Å²) in [5, 5.41) is 16.8. The Morgan fingerprint density at radius 2 is 2.08 bits per heavy atom. The molecular weight excluding hydrogens is 330 g/mol. The third-order valence-corrected chi connectivity index (χ3v) is 4.24. The summed E-state index contributed by atoms with van der Waals surface area (Å²) in [6.45, 7) is 1.79. The normalized spacial score (nSPS) is 16.6. The second kappa shape index (κ2) is 6.75. The number of nitrogens with one attached hydrogen (secondary N) is 3. The third kappa shape index (κ3) is 3.57. The number of benzene rings is 1. The number of aryl methyl sites for hydroxylation is 1. The van der Waals surface area contributed by atoms with E-state index in [0.29, 0.717) is 16.4 Å². The zero-order valence-electron chi connectivity index (χ0n) is 12.8. The first kappa shape index (κ1) is 16.1. The van der Waals surface area contributed by atoms with Crippen molar-refractivity contribution < 1.29 is 14.4 Å². The Morgan fingerprint density at radius 1 is 1.29 bits per heavy atom. The van der Waals surface area contributed by atoms with Gasteiger partial charge in [-0.15, -0.1) is 10.2 Å². The largest absolute Gasteiger partial charge is 0.340 e. The van der Waals surface area contributed by atoms with Crippen molar-refractivity contribution in [2.75, 3.05) is 10.6 Å². The maximum Gasteiger partial charge on any atom is 0.254 e. The highest BCUT2D eigenvalue weighted by Crippen LogP contribution is 2.19. The lowest BCUT2D eigenvalue weighted by atomic mass is 10.1. The molecule has 3 amide bonds. The van der Waals surface area contributed by atoms with Gasteiger partial charge in [0.2, 0.25) is 16.9 Å². The van der Waals surface area contributed by atoms with Crippen molar-refractivity contribution in [3.8, 4) is 0 Å². The summed E-state index contributed by atoms with van der Waals surface area (Å²) in [5.41, 5.74) is 0.874. The number of carbonyl (C=O) groups is 3. The highest BCUT2D eigenvalue weighted by Gasteiger charge is 2.27. The van der Waals surface area contributed by atoms with E-state index >= 15 is 0 Å². The Labute approximate surface area is 141 Å². The molecule has 24 heavy (non-hydrogen) atoms. The molecule has 1 aliphatic heterocycles. The first-order chi connectivity index (χ1) is 11.5. The molecule has 0 bridgehead atoms. The van der Waals surface area contributed by atoms with E-state index in [1.807, 2.05) is 0 Å². The molecule has 0 aliphatic carbocycles. The van der Waals surface area contributed by atoms with Gasteiger partial charge in [0.05, 0.1) is 11.3 Å². The summed E-state index contributed by atoms with van der Waals surface area (Å²) in [5.74, 6) is -0.961. The predicted molar refractivity (Wildman–Crippen MR) is 88.8 cm³/mol. The van der Waals surface area contributed by atoms with E-state index in [-0.39, 0.29) is 30.6 Å². The fraction of sp³-hybridized carbons (Fsp3) is 0.267. The van der Waals surface area contributed by atoms with Crippen molar-refractivity contribution in [1.82, 2.24) is 15.5 Å². The molecule has 2 heterocycles. The fourth-order valence-corrected chi connectivity index (χ4v) is 2.93. The van der Waals surface area contributed by atoms with Crippen LogP contribution in [0, 0.1) is 6.92 Å². The Bertz CT molecular complexity index is 804. The molecule has 2 aromatic rings. The van der Waals surface area contributed by atoms with Crippen molar-refractivity contribution in [3.63, 3.8) is 0 Å². The second-order valence-corrected chi connectivity index (χ2v) is 6.46. The van der Waals surface area contributed by atoms with Gasteiger partial charge in [0, 0.05) is 6.42 Å². The summed E-state index contributed by atoms with van der Waals surface area (Å²) in [6, 6.07) is 6.00. The van der Waals surface area contributed by atoms with Gasteiger partial charge in [-0.3, -0.25) is 14.4 Å². The van der Waals surface area contributed by atoms with E-state index < -0.39 is 6.04 Å². The van der Waals surface area contributed by atoms with Gasteiger partial charge in [-0.05, 0) is 25.5 Å². The zero-order chi connectivity index (χ0) is 17.1. The molecule has 1 aromatic carbocycles. The minimum absolute atomic E-state index is 0.0767. The summed E-state index contributed by atoms with van der Waals surface area (Å²) >= 11 is 1.27. The molecule has 1 atom stereocenters. The van der Waals surface area contributed by atoms with E-state index in [4.69, 9.17) is 0 Å². The van der Waals surface area contributed by atoms with Crippen LogP contribution in [0.3, 0.4) is 0 Å². The number of amides is 3. The average molecular weight is 345 g/mol. The van der Waals surface area contributed by atoms with Crippen LogP contribution in [0.25, 0.3) is 0 Å². The lowest BCUT2D eigenvalue weighted by Crippen LogP contribution is -2.41. The molecule has 3 N–H and O–H groups in total. The number of para-hydroxylation sites is 1. The lowest BCUT2D eigenvalue weighted by molar-refractivity contribution is -0.118. The summed E-state index contributed by atoms with van der Waals surface area (Å²) in [7, 11) is 0. The van der Waals surface area contributed by atoms with Gasteiger partial charge in [-0.25, -0.2) is 0 Å². The summed E-state index contributed by atoms with van der Waals surface area (Å²) < 4.78 is 0. The topological polar surface area (TPSA) is 113 Å². The Kier molecular flexibility index (Phi) is 4.52. The van der Waals surface area contributed by atoms with Crippen LogP contribution in [0.2, 0.25) is 0 Å². The van der Waals surface area contributed by atoms with Gasteiger partial charge >= 0.3 is 0 Å². The van der Waals surface area contributed by atoms with Crippen LogP contribution in [-0.4, -0.2) is 34.0 Å². The molecule has 3 rings (SSSR count). The number of aromatic nitrogens is 2. The quantitative estimate of drug-likeness (QED) is 0.773. The number of hydrogen-bond donors (Lipinski definition) is 3. The Hall–Kier alpha value is -2.81. The number of carbonyl (C=O) groups excluding carboxylic acids is 3.